The van der Waals surface area contributed by atoms with E-state index in [2.05, 4.69) is 4.98 Å². The Kier molecular flexibility index (Phi) is 4.61. The highest BCUT2D eigenvalue weighted by Gasteiger charge is 2.41. The maximum Gasteiger partial charge on any atom is 0.433 e. The van der Waals surface area contributed by atoms with Crippen LogP contribution in [0.5, 0.6) is 5.88 Å². The molecular formula is C15H11F5N2O3S. The molecule has 0 saturated carbocycles. The van der Waals surface area contributed by atoms with Crippen LogP contribution in [0, 0.1) is 11.6 Å². The summed E-state index contributed by atoms with van der Waals surface area (Å²) in [6, 6.07) is 5.74. The summed E-state index contributed by atoms with van der Waals surface area (Å²) in [4.78, 5) is 2.23. The SMILES string of the molecule is O=S(=O)(c1c(F)cccc1F)N1CC(Oc2cccc(C(F)(F)F)n2)C1. The first-order valence-electron chi connectivity index (χ1n) is 7.24. The van der Waals surface area contributed by atoms with Crippen LogP contribution in [-0.2, 0) is 16.2 Å². The Bertz CT molecular complexity index is 907. The summed E-state index contributed by atoms with van der Waals surface area (Å²) in [5.41, 5.74) is -1.15. The minimum atomic E-state index is -4.64. The predicted molar refractivity (Wildman–Crippen MR) is 78.8 cm³/mol. The van der Waals surface area contributed by atoms with Gasteiger partial charge in [-0.05, 0) is 18.2 Å². The first kappa shape index (κ1) is 18.5. The monoisotopic (exact) mass is 394 g/mol. The third kappa shape index (κ3) is 3.49. The molecule has 1 saturated heterocycles. The normalized spacial score (nSPS) is 16.3. The zero-order valence-electron chi connectivity index (χ0n) is 12.9. The zero-order valence-corrected chi connectivity index (χ0v) is 13.7. The van der Waals surface area contributed by atoms with Gasteiger partial charge < -0.3 is 4.74 Å². The minimum Gasteiger partial charge on any atom is -0.472 e. The summed E-state index contributed by atoms with van der Waals surface area (Å²) in [6.07, 6.45) is -5.42. The van der Waals surface area contributed by atoms with E-state index in [-0.39, 0.29) is 19.0 Å². The number of hydrogen-bond acceptors (Lipinski definition) is 4. The van der Waals surface area contributed by atoms with Crippen molar-refractivity contribution in [1.29, 1.82) is 0 Å². The smallest absolute Gasteiger partial charge is 0.433 e. The lowest BCUT2D eigenvalue weighted by Crippen LogP contribution is -2.56. The molecular weight excluding hydrogens is 383 g/mol. The van der Waals surface area contributed by atoms with E-state index < -0.39 is 44.5 Å². The van der Waals surface area contributed by atoms with E-state index in [9.17, 15) is 30.4 Å². The second kappa shape index (κ2) is 6.47. The number of sulfonamides is 1. The van der Waals surface area contributed by atoms with Crippen molar-refractivity contribution < 1.29 is 35.1 Å². The number of rotatable bonds is 4. The van der Waals surface area contributed by atoms with Crippen molar-refractivity contribution in [3.63, 3.8) is 0 Å². The first-order valence-corrected chi connectivity index (χ1v) is 8.68. The summed E-state index contributed by atoms with van der Waals surface area (Å²) >= 11 is 0. The van der Waals surface area contributed by atoms with Gasteiger partial charge in [0.1, 0.15) is 23.4 Å². The molecule has 5 nitrogen and oxygen atoms in total. The fraction of sp³-hybridized carbons (Fsp3) is 0.267. The quantitative estimate of drug-likeness (QED) is 0.749. The third-order valence-electron chi connectivity index (χ3n) is 3.63. The largest absolute Gasteiger partial charge is 0.472 e. The number of aromatic nitrogens is 1. The number of halogens is 5. The fourth-order valence-corrected chi connectivity index (χ4v) is 3.95. The molecule has 1 aliphatic rings. The number of pyridine rings is 1. The van der Waals surface area contributed by atoms with Gasteiger partial charge in [-0.2, -0.15) is 17.5 Å². The van der Waals surface area contributed by atoms with E-state index in [4.69, 9.17) is 4.74 Å². The highest BCUT2D eigenvalue weighted by atomic mass is 32.2. The molecule has 0 amide bonds. The summed E-state index contributed by atoms with van der Waals surface area (Å²) < 4.78 is 95.7. The van der Waals surface area contributed by atoms with Crippen LogP contribution in [-0.4, -0.2) is 36.9 Å². The van der Waals surface area contributed by atoms with Crippen molar-refractivity contribution in [2.24, 2.45) is 0 Å². The topological polar surface area (TPSA) is 59.5 Å². The van der Waals surface area contributed by atoms with Crippen molar-refractivity contribution in [3.05, 3.63) is 53.7 Å². The number of alkyl halides is 3. The van der Waals surface area contributed by atoms with E-state index in [0.717, 1.165) is 34.6 Å². The number of nitrogens with zero attached hydrogens (tertiary/aromatic N) is 2. The molecule has 2 aromatic rings. The lowest BCUT2D eigenvalue weighted by molar-refractivity contribution is -0.141. The molecule has 140 valence electrons. The van der Waals surface area contributed by atoms with Crippen LogP contribution < -0.4 is 4.74 Å². The third-order valence-corrected chi connectivity index (χ3v) is 5.52. The number of benzene rings is 1. The Labute approximate surface area is 145 Å². The zero-order chi connectivity index (χ0) is 19.1. The van der Waals surface area contributed by atoms with Gasteiger partial charge in [0.15, 0.2) is 4.90 Å². The number of ether oxygens (including phenoxy) is 1. The Hall–Kier alpha value is -2.27. The van der Waals surface area contributed by atoms with Crippen LogP contribution in [0.4, 0.5) is 22.0 Å². The van der Waals surface area contributed by atoms with Gasteiger partial charge in [-0.3, -0.25) is 0 Å². The van der Waals surface area contributed by atoms with E-state index >= 15 is 0 Å². The second-order valence-corrected chi connectivity index (χ2v) is 7.35. The average molecular weight is 394 g/mol. The van der Waals surface area contributed by atoms with E-state index in [1.54, 1.807) is 0 Å². The van der Waals surface area contributed by atoms with Crippen molar-refractivity contribution >= 4 is 10.0 Å². The van der Waals surface area contributed by atoms with Gasteiger partial charge in [0.25, 0.3) is 0 Å². The van der Waals surface area contributed by atoms with E-state index in [1.807, 2.05) is 0 Å². The van der Waals surface area contributed by atoms with Gasteiger partial charge in [0.05, 0.1) is 13.1 Å². The lowest BCUT2D eigenvalue weighted by atomic mass is 10.2. The standard InChI is InChI=1S/C15H11F5N2O3S/c16-10-3-1-4-11(17)14(10)26(23,24)22-7-9(8-22)25-13-6-2-5-12(21-13)15(18,19)20/h1-6,9H,7-8H2. The van der Waals surface area contributed by atoms with Crippen LogP contribution in [0.2, 0.25) is 0 Å². The highest BCUT2D eigenvalue weighted by molar-refractivity contribution is 7.89. The van der Waals surface area contributed by atoms with Gasteiger partial charge in [0, 0.05) is 6.07 Å². The second-order valence-electron chi connectivity index (χ2n) is 5.47. The molecule has 0 radical (unpaired) electrons. The van der Waals surface area contributed by atoms with Crippen molar-refractivity contribution in [1.82, 2.24) is 9.29 Å². The van der Waals surface area contributed by atoms with E-state index in [1.165, 1.54) is 6.07 Å². The summed E-state index contributed by atoms with van der Waals surface area (Å²) in [7, 11) is -4.42. The molecule has 0 bridgehead atoms. The van der Waals surface area contributed by atoms with Gasteiger partial charge >= 0.3 is 6.18 Å². The van der Waals surface area contributed by atoms with Crippen LogP contribution in [0.15, 0.2) is 41.3 Å². The van der Waals surface area contributed by atoms with Crippen LogP contribution in [0.25, 0.3) is 0 Å². The van der Waals surface area contributed by atoms with Gasteiger partial charge in [-0.15, -0.1) is 0 Å². The summed E-state index contributed by atoms with van der Waals surface area (Å²) in [5.74, 6) is -2.78. The molecule has 1 aliphatic heterocycles. The molecule has 1 aromatic carbocycles. The highest BCUT2D eigenvalue weighted by Crippen LogP contribution is 2.30. The lowest BCUT2D eigenvalue weighted by Gasteiger charge is -2.37. The van der Waals surface area contributed by atoms with Crippen molar-refractivity contribution in [3.8, 4) is 5.88 Å². The van der Waals surface area contributed by atoms with Crippen LogP contribution in [0.3, 0.4) is 0 Å². The molecule has 0 N–H and O–H groups in total. The molecule has 2 heterocycles. The molecule has 1 aromatic heterocycles. The van der Waals surface area contributed by atoms with Gasteiger partial charge in [0.2, 0.25) is 15.9 Å². The molecule has 0 atom stereocenters. The van der Waals surface area contributed by atoms with E-state index in [0.29, 0.717) is 0 Å². The van der Waals surface area contributed by atoms with Crippen molar-refractivity contribution in [2.75, 3.05) is 13.1 Å². The van der Waals surface area contributed by atoms with Crippen LogP contribution >= 0.6 is 0 Å². The molecule has 1 fully saturated rings. The Morgan fingerprint density at radius 2 is 1.62 bits per heavy atom. The Morgan fingerprint density at radius 3 is 2.19 bits per heavy atom. The Balaban J connectivity index is 1.70. The number of hydrogen-bond donors (Lipinski definition) is 0. The predicted octanol–water partition coefficient (Wildman–Crippen LogP) is 2.83. The summed E-state index contributed by atoms with van der Waals surface area (Å²) in [5, 5.41) is 0. The molecule has 26 heavy (non-hydrogen) atoms. The molecule has 0 unspecified atom stereocenters. The molecule has 0 spiro atoms. The van der Waals surface area contributed by atoms with Gasteiger partial charge in [-0.1, -0.05) is 12.1 Å². The molecule has 3 rings (SSSR count). The maximum atomic E-state index is 13.7. The van der Waals surface area contributed by atoms with Crippen LogP contribution in [0.1, 0.15) is 5.69 Å². The van der Waals surface area contributed by atoms with Gasteiger partial charge in [-0.25, -0.2) is 22.2 Å². The summed E-state index contributed by atoms with van der Waals surface area (Å²) in [6.45, 7) is -0.540. The first-order chi connectivity index (χ1) is 12.1. The Morgan fingerprint density at radius 1 is 1.04 bits per heavy atom. The molecule has 0 aliphatic carbocycles. The minimum absolute atomic E-state index is 0.270. The maximum absolute atomic E-state index is 13.7. The van der Waals surface area contributed by atoms with Crippen molar-refractivity contribution in [2.45, 2.75) is 17.2 Å². The average Bonchev–Trinajstić information content (AvgIpc) is 2.49. The molecule has 11 heteroatoms. The fourth-order valence-electron chi connectivity index (χ4n) is 2.34.